The molecule has 1 aliphatic rings. The van der Waals surface area contributed by atoms with Crippen LogP contribution in [0.5, 0.6) is 0 Å². The average Bonchev–Trinajstić information content (AvgIpc) is 2.57. The summed E-state index contributed by atoms with van der Waals surface area (Å²) in [6.07, 6.45) is -2.68. The van der Waals surface area contributed by atoms with E-state index in [9.17, 15) is 14.7 Å². The normalized spacial score (nSPS) is 28.5. The largest absolute Gasteiger partial charge is 0.394 e. The standard InChI is InChI=1S/C8H12N4O5/c9-6-10-7(15)12(8(16)11-6)5-1-3(14)4(2-13)17-5/h3-5,13-14H,1-2H2,(H3,9,10,11,15,16). The number of nitrogens with two attached hydrogens (primary N) is 1. The first-order chi connectivity index (χ1) is 8.02. The Hall–Kier alpha value is -1.71. The summed E-state index contributed by atoms with van der Waals surface area (Å²) >= 11 is 0. The van der Waals surface area contributed by atoms with Crippen molar-refractivity contribution in [3.05, 3.63) is 21.0 Å². The summed E-state index contributed by atoms with van der Waals surface area (Å²) in [6, 6.07) is 0. The van der Waals surface area contributed by atoms with Crippen LogP contribution in [-0.2, 0) is 4.74 Å². The monoisotopic (exact) mass is 244 g/mol. The average molecular weight is 244 g/mol. The second kappa shape index (κ2) is 4.28. The van der Waals surface area contributed by atoms with Crippen LogP contribution in [0.3, 0.4) is 0 Å². The number of nitrogen functional groups attached to an aromatic ring is 1. The van der Waals surface area contributed by atoms with Gasteiger partial charge < -0.3 is 20.7 Å². The Morgan fingerprint density at radius 2 is 2.29 bits per heavy atom. The summed E-state index contributed by atoms with van der Waals surface area (Å²) in [4.78, 5) is 28.5. The fraction of sp³-hybridized carbons (Fsp3) is 0.625. The van der Waals surface area contributed by atoms with Crippen molar-refractivity contribution in [3.63, 3.8) is 0 Å². The number of anilines is 1. The molecule has 0 saturated carbocycles. The Bertz CT molecular complexity index is 492. The highest BCUT2D eigenvalue weighted by Crippen LogP contribution is 2.26. The topological polar surface area (TPSA) is 143 Å². The molecular formula is C8H12N4O5. The highest BCUT2D eigenvalue weighted by Gasteiger charge is 2.36. The number of aliphatic hydroxyl groups is 2. The van der Waals surface area contributed by atoms with Crippen molar-refractivity contribution in [3.8, 4) is 0 Å². The van der Waals surface area contributed by atoms with E-state index in [1.807, 2.05) is 0 Å². The van der Waals surface area contributed by atoms with Gasteiger partial charge in [0.25, 0.3) is 0 Å². The van der Waals surface area contributed by atoms with Crippen LogP contribution in [0.15, 0.2) is 9.59 Å². The summed E-state index contributed by atoms with van der Waals surface area (Å²) in [6.45, 7) is -0.396. The maximum Gasteiger partial charge on any atom is 0.357 e. The van der Waals surface area contributed by atoms with E-state index in [1.165, 1.54) is 0 Å². The van der Waals surface area contributed by atoms with Gasteiger partial charge in [-0.25, -0.2) is 14.2 Å². The predicted octanol–water partition coefficient (Wildman–Crippen LogP) is -2.85. The van der Waals surface area contributed by atoms with Crippen LogP contribution < -0.4 is 17.1 Å². The quantitative estimate of drug-likeness (QED) is 0.438. The van der Waals surface area contributed by atoms with Crippen molar-refractivity contribution in [2.75, 3.05) is 12.3 Å². The van der Waals surface area contributed by atoms with E-state index in [-0.39, 0.29) is 12.4 Å². The molecule has 9 heteroatoms. The number of aromatic nitrogens is 3. The Morgan fingerprint density at radius 3 is 2.82 bits per heavy atom. The third kappa shape index (κ3) is 2.07. The molecule has 1 fully saturated rings. The predicted molar refractivity (Wildman–Crippen MR) is 55.1 cm³/mol. The summed E-state index contributed by atoms with van der Waals surface area (Å²) in [5.74, 6) is -0.284. The van der Waals surface area contributed by atoms with E-state index in [0.29, 0.717) is 0 Å². The van der Waals surface area contributed by atoms with Crippen LogP contribution in [0.25, 0.3) is 0 Å². The van der Waals surface area contributed by atoms with Gasteiger partial charge in [0, 0.05) is 6.42 Å². The van der Waals surface area contributed by atoms with Crippen LogP contribution >= 0.6 is 0 Å². The molecule has 1 aromatic rings. The molecule has 94 valence electrons. The van der Waals surface area contributed by atoms with Crippen molar-refractivity contribution in [2.24, 2.45) is 0 Å². The SMILES string of the molecule is Nc1nc(=O)n(C2CC(O)C(CO)O2)c(=O)[nH]1. The van der Waals surface area contributed by atoms with Crippen molar-refractivity contribution in [2.45, 2.75) is 24.9 Å². The molecule has 9 nitrogen and oxygen atoms in total. The third-order valence-electron chi connectivity index (χ3n) is 2.55. The first-order valence-electron chi connectivity index (χ1n) is 4.95. The smallest absolute Gasteiger partial charge is 0.357 e. The van der Waals surface area contributed by atoms with Gasteiger partial charge in [-0.1, -0.05) is 0 Å². The summed E-state index contributed by atoms with van der Waals surface area (Å²) < 4.78 is 5.89. The second-order valence-electron chi connectivity index (χ2n) is 3.69. The number of aromatic amines is 1. The number of nitrogens with one attached hydrogen (secondary N) is 1. The van der Waals surface area contributed by atoms with Crippen LogP contribution in [0.1, 0.15) is 12.6 Å². The number of hydrogen-bond acceptors (Lipinski definition) is 7. The Morgan fingerprint density at radius 1 is 1.59 bits per heavy atom. The van der Waals surface area contributed by atoms with Gasteiger partial charge in [-0.3, -0.25) is 4.98 Å². The molecule has 1 aromatic heterocycles. The Balaban J connectivity index is 2.37. The number of hydrogen-bond donors (Lipinski definition) is 4. The zero-order chi connectivity index (χ0) is 12.6. The molecule has 1 aliphatic heterocycles. The number of H-pyrrole nitrogens is 1. The lowest BCUT2D eigenvalue weighted by Crippen LogP contribution is -2.40. The summed E-state index contributed by atoms with van der Waals surface area (Å²) in [5.41, 5.74) is 3.57. The molecule has 0 spiro atoms. The molecule has 1 saturated heterocycles. The molecule has 3 atom stereocenters. The third-order valence-corrected chi connectivity index (χ3v) is 2.55. The molecule has 0 bridgehead atoms. The molecule has 3 unspecified atom stereocenters. The van der Waals surface area contributed by atoms with Crippen LogP contribution in [0.4, 0.5) is 5.95 Å². The summed E-state index contributed by atoms with van der Waals surface area (Å²) in [7, 11) is 0. The highest BCUT2D eigenvalue weighted by atomic mass is 16.5. The zero-order valence-corrected chi connectivity index (χ0v) is 8.74. The molecule has 5 N–H and O–H groups in total. The highest BCUT2D eigenvalue weighted by molar-refractivity contribution is 5.10. The Kier molecular flexibility index (Phi) is 2.96. The molecule has 0 aliphatic carbocycles. The molecule has 0 aromatic carbocycles. The minimum absolute atomic E-state index is 0.0276. The van der Waals surface area contributed by atoms with Gasteiger partial charge in [0.05, 0.1) is 12.7 Å². The van der Waals surface area contributed by atoms with E-state index < -0.39 is 36.4 Å². The van der Waals surface area contributed by atoms with Crippen molar-refractivity contribution < 1.29 is 14.9 Å². The maximum atomic E-state index is 11.5. The first-order valence-corrected chi connectivity index (χ1v) is 4.95. The Labute approximate surface area is 94.5 Å². The van der Waals surface area contributed by atoms with Crippen LogP contribution in [0, 0.1) is 0 Å². The van der Waals surface area contributed by atoms with Crippen LogP contribution in [0.2, 0.25) is 0 Å². The van der Waals surface area contributed by atoms with Crippen LogP contribution in [-0.4, -0.2) is 43.6 Å². The van der Waals surface area contributed by atoms with Gasteiger partial charge in [0.2, 0.25) is 5.95 Å². The molecule has 2 heterocycles. The lowest BCUT2D eigenvalue weighted by molar-refractivity contribution is -0.0473. The van der Waals surface area contributed by atoms with Gasteiger partial charge in [0.1, 0.15) is 12.3 Å². The first kappa shape index (κ1) is 11.8. The minimum atomic E-state index is -0.952. The van der Waals surface area contributed by atoms with Gasteiger partial charge in [-0.05, 0) is 0 Å². The van der Waals surface area contributed by atoms with Gasteiger partial charge >= 0.3 is 11.4 Å². The van der Waals surface area contributed by atoms with Crippen molar-refractivity contribution >= 4 is 5.95 Å². The summed E-state index contributed by atoms with van der Waals surface area (Å²) in [5, 5.41) is 18.4. The molecule has 0 amide bonds. The lowest BCUT2D eigenvalue weighted by Gasteiger charge is -2.12. The lowest BCUT2D eigenvalue weighted by atomic mass is 10.2. The van der Waals surface area contributed by atoms with E-state index in [0.717, 1.165) is 4.57 Å². The van der Waals surface area contributed by atoms with Crippen molar-refractivity contribution in [1.29, 1.82) is 0 Å². The number of ether oxygens (including phenoxy) is 1. The van der Waals surface area contributed by atoms with Gasteiger partial charge in [-0.15, -0.1) is 0 Å². The van der Waals surface area contributed by atoms with E-state index in [4.69, 9.17) is 15.6 Å². The minimum Gasteiger partial charge on any atom is -0.394 e. The fourth-order valence-corrected chi connectivity index (χ4v) is 1.73. The second-order valence-corrected chi connectivity index (χ2v) is 3.69. The van der Waals surface area contributed by atoms with Crippen molar-refractivity contribution in [1.82, 2.24) is 14.5 Å². The molecule has 0 radical (unpaired) electrons. The number of aliphatic hydroxyl groups excluding tert-OH is 2. The zero-order valence-electron chi connectivity index (χ0n) is 8.74. The van der Waals surface area contributed by atoms with E-state index in [2.05, 4.69) is 9.97 Å². The molecule has 17 heavy (non-hydrogen) atoms. The van der Waals surface area contributed by atoms with Gasteiger partial charge in [0.15, 0.2) is 0 Å². The fourth-order valence-electron chi connectivity index (χ4n) is 1.73. The maximum absolute atomic E-state index is 11.5. The molecular weight excluding hydrogens is 232 g/mol. The molecule has 2 rings (SSSR count). The number of nitrogens with zero attached hydrogens (tertiary/aromatic N) is 2. The van der Waals surface area contributed by atoms with E-state index in [1.54, 1.807) is 0 Å². The van der Waals surface area contributed by atoms with Gasteiger partial charge in [-0.2, -0.15) is 4.98 Å². The number of rotatable bonds is 2. The van der Waals surface area contributed by atoms with E-state index >= 15 is 0 Å².